The predicted molar refractivity (Wildman–Crippen MR) is 65.9 cm³/mol. The average Bonchev–Trinajstić information content (AvgIpc) is 2.85. The Hall–Kier alpha value is -0.990. The first-order valence-electron chi connectivity index (χ1n) is 6.41. The second-order valence-corrected chi connectivity index (χ2v) is 5.95. The van der Waals surface area contributed by atoms with E-state index in [1.807, 2.05) is 0 Å². The van der Waals surface area contributed by atoms with Crippen LogP contribution in [0.3, 0.4) is 0 Å². The third-order valence-electron chi connectivity index (χ3n) is 4.21. The van der Waals surface area contributed by atoms with Crippen LogP contribution in [0, 0.1) is 0 Å². The molecular weight excluding hydrogens is 198 g/mol. The molecule has 0 aromatic carbocycles. The largest absolute Gasteiger partial charge is 0.367 e. The zero-order valence-corrected chi connectivity index (χ0v) is 10.5. The summed E-state index contributed by atoms with van der Waals surface area (Å²) in [6, 6.07) is 0. The Bertz CT molecular complexity index is 411. The Balaban J connectivity index is 2.10. The second-order valence-electron chi connectivity index (χ2n) is 5.95. The lowest BCUT2D eigenvalue weighted by atomic mass is 9.83. The first-order chi connectivity index (χ1) is 7.59. The number of nitrogens with zero attached hydrogens (tertiary/aromatic N) is 2. The predicted octanol–water partition coefficient (Wildman–Crippen LogP) is 2.78. The van der Waals surface area contributed by atoms with Crippen LogP contribution in [0.1, 0.15) is 56.7 Å². The molecule has 0 saturated heterocycles. The number of aryl methyl sites for hydroxylation is 1. The minimum Gasteiger partial charge on any atom is -0.367 e. The Morgan fingerprint density at radius 2 is 2.00 bits per heavy atom. The number of aromatic nitrogens is 2. The van der Waals surface area contributed by atoms with Crippen LogP contribution in [0.5, 0.6) is 0 Å². The SMILES string of the molecule is Cn1nc2c(c1C1CCCC1)C(C)(C)CN2. The van der Waals surface area contributed by atoms with Crippen molar-refractivity contribution in [1.82, 2.24) is 9.78 Å². The Labute approximate surface area is 97.2 Å². The zero-order valence-electron chi connectivity index (χ0n) is 10.5. The van der Waals surface area contributed by atoms with Crippen LogP contribution in [0.4, 0.5) is 5.82 Å². The monoisotopic (exact) mass is 219 g/mol. The number of anilines is 1. The first kappa shape index (κ1) is 10.2. The fourth-order valence-electron chi connectivity index (χ4n) is 3.39. The number of hydrogen-bond acceptors (Lipinski definition) is 2. The summed E-state index contributed by atoms with van der Waals surface area (Å²) in [5.41, 5.74) is 3.24. The molecule has 2 heterocycles. The number of nitrogens with one attached hydrogen (secondary N) is 1. The van der Waals surface area contributed by atoms with E-state index in [0.717, 1.165) is 18.3 Å². The molecule has 0 bridgehead atoms. The maximum Gasteiger partial charge on any atom is 0.152 e. The molecule has 1 saturated carbocycles. The Kier molecular flexibility index (Phi) is 2.07. The summed E-state index contributed by atoms with van der Waals surface area (Å²) >= 11 is 0. The van der Waals surface area contributed by atoms with Crippen molar-refractivity contribution in [3.63, 3.8) is 0 Å². The molecule has 1 fully saturated rings. The van der Waals surface area contributed by atoms with Crippen LogP contribution in [0.2, 0.25) is 0 Å². The van der Waals surface area contributed by atoms with Gasteiger partial charge >= 0.3 is 0 Å². The molecule has 1 aromatic rings. The molecule has 0 atom stereocenters. The third-order valence-corrected chi connectivity index (χ3v) is 4.21. The van der Waals surface area contributed by atoms with Crippen LogP contribution in [-0.2, 0) is 12.5 Å². The minimum absolute atomic E-state index is 0.252. The van der Waals surface area contributed by atoms with Gasteiger partial charge in [0.05, 0.1) is 0 Å². The van der Waals surface area contributed by atoms with E-state index in [-0.39, 0.29) is 5.41 Å². The number of rotatable bonds is 1. The highest BCUT2D eigenvalue weighted by Gasteiger charge is 2.38. The van der Waals surface area contributed by atoms with E-state index >= 15 is 0 Å². The third kappa shape index (κ3) is 1.30. The lowest BCUT2D eigenvalue weighted by Gasteiger charge is -2.21. The Morgan fingerprint density at radius 1 is 1.31 bits per heavy atom. The quantitative estimate of drug-likeness (QED) is 0.787. The van der Waals surface area contributed by atoms with E-state index in [4.69, 9.17) is 0 Å². The van der Waals surface area contributed by atoms with E-state index in [1.54, 1.807) is 0 Å². The Morgan fingerprint density at radius 3 is 2.69 bits per heavy atom. The lowest BCUT2D eigenvalue weighted by Crippen LogP contribution is -2.22. The van der Waals surface area contributed by atoms with Crippen LogP contribution >= 0.6 is 0 Å². The molecule has 2 aliphatic rings. The summed E-state index contributed by atoms with van der Waals surface area (Å²) in [6.07, 6.45) is 5.47. The van der Waals surface area contributed by atoms with Crippen molar-refractivity contribution in [3.8, 4) is 0 Å². The number of hydrogen-bond donors (Lipinski definition) is 1. The molecule has 0 radical (unpaired) electrons. The summed E-state index contributed by atoms with van der Waals surface area (Å²) in [5, 5.41) is 8.08. The van der Waals surface area contributed by atoms with Gasteiger partial charge in [-0.2, -0.15) is 5.10 Å². The maximum absolute atomic E-state index is 4.64. The highest BCUT2D eigenvalue weighted by molar-refractivity contribution is 5.58. The zero-order chi connectivity index (χ0) is 11.3. The van der Waals surface area contributed by atoms with E-state index in [0.29, 0.717) is 0 Å². The summed E-state index contributed by atoms with van der Waals surface area (Å²) in [4.78, 5) is 0. The normalized spacial score (nSPS) is 23.4. The fourth-order valence-corrected chi connectivity index (χ4v) is 3.39. The van der Waals surface area contributed by atoms with Gasteiger partial charge in [0.1, 0.15) is 0 Å². The first-order valence-corrected chi connectivity index (χ1v) is 6.41. The number of fused-ring (bicyclic) bond motifs is 1. The summed E-state index contributed by atoms with van der Waals surface area (Å²) < 4.78 is 2.12. The smallest absolute Gasteiger partial charge is 0.152 e. The van der Waals surface area contributed by atoms with E-state index in [2.05, 4.69) is 36.0 Å². The van der Waals surface area contributed by atoms with Crippen molar-refractivity contribution in [2.75, 3.05) is 11.9 Å². The molecule has 1 aromatic heterocycles. The second kappa shape index (κ2) is 3.25. The molecule has 1 N–H and O–H groups in total. The van der Waals surface area contributed by atoms with Crippen molar-refractivity contribution >= 4 is 5.82 Å². The van der Waals surface area contributed by atoms with Gasteiger partial charge in [0.15, 0.2) is 5.82 Å². The van der Waals surface area contributed by atoms with Gasteiger partial charge in [0.25, 0.3) is 0 Å². The van der Waals surface area contributed by atoms with Crippen molar-refractivity contribution in [2.45, 2.75) is 50.9 Å². The highest BCUT2D eigenvalue weighted by atomic mass is 15.3. The van der Waals surface area contributed by atoms with Gasteiger partial charge in [-0.05, 0) is 12.8 Å². The summed E-state index contributed by atoms with van der Waals surface area (Å²) in [5.74, 6) is 1.88. The van der Waals surface area contributed by atoms with Gasteiger partial charge < -0.3 is 5.32 Å². The van der Waals surface area contributed by atoms with E-state index < -0.39 is 0 Å². The molecule has 1 aliphatic heterocycles. The molecule has 16 heavy (non-hydrogen) atoms. The van der Waals surface area contributed by atoms with E-state index in [9.17, 15) is 0 Å². The standard InChI is InChI=1S/C13H21N3/c1-13(2)8-14-12-10(13)11(16(3)15-12)9-6-4-5-7-9/h9H,4-8H2,1-3H3,(H,14,15). The molecule has 0 amide bonds. The van der Waals surface area contributed by atoms with Gasteiger partial charge in [0.2, 0.25) is 0 Å². The van der Waals surface area contributed by atoms with Crippen LogP contribution in [0.15, 0.2) is 0 Å². The van der Waals surface area contributed by atoms with Gasteiger partial charge in [-0.3, -0.25) is 4.68 Å². The van der Waals surface area contributed by atoms with Crippen molar-refractivity contribution in [1.29, 1.82) is 0 Å². The molecule has 3 nitrogen and oxygen atoms in total. The lowest BCUT2D eigenvalue weighted by molar-refractivity contribution is 0.541. The molecule has 88 valence electrons. The molecule has 0 unspecified atom stereocenters. The van der Waals surface area contributed by atoms with Gasteiger partial charge in [-0.25, -0.2) is 0 Å². The van der Waals surface area contributed by atoms with Crippen LogP contribution < -0.4 is 5.32 Å². The van der Waals surface area contributed by atoms with E-state index in [1.165, 1.54) is 36.9 Å². The molecule has 3 heteroatoms. The molecule has 1 aliphatic carbocycles. The topological polar surface area (TPSA) is 29.9 Å². The average molecular weight is 219 g/mol. The van der Waals surface area contributed by atoms with Gasteiger partial charge in [0, 0.05) is 36.2 Å². The van der Waals surface area contributed by atoms with Crippen molar-refractivity contribution < 1.29 is 0 Å². The fraction of sp³-hybridized carbons (Fsp3) is 0.769. The summed E-state index contributed by atoms with van der Waals surface area (Å²) in [7, 11) is 2.10. The van der Waals surface area contributed by atoms with Gasteiger partial charge in [-0.15, -0.1) is 0 Å². The van der Waals surface area contributed by atoms with Crippen LogP contribution in [-0.4, -0.2) is 16.3 Å². The molecule has 3 rings (SSSR count). The highest BCUT2D eigenvalue weighted by Crippen LogP contribution is 2.44. The minimum atomic E-state index is 0.252. The molecular formula is C13H21N3. The maximum atomic E-state index is 4.64. The van der Waals surface area contributed by atoms with Crippen molar-refractivity contribution in [2.24, 2.45) is 7.05 Å². The van der Waals surface area contributed by atoms with Crippen molar-refractivity contribution in [3.05, 3.63) is 11.3 Å². The summed E-state index contributed by atoms with van der Waals surface area (Å²) in [6.45, 7) is 5.68. The van der Waals surface area contributed by atoms with Gasteiger partial charge in [-0.1, -0.05) is 26.7 Å². The van der Waals surface area contributed by atoms with Crippen LogP contribution in [0.25, 0.3) is 0 Å². The molecule has 0 spiro atoms.